The van der Waals surface area contributed by atoms with Gasteiger partial charge in [0.2, 0.25) is 5.91 Å². The first-order chi connectivity index (χ1) is 6.33. The Labute approximate surface area is 75.9 Å². The fourth-order valence-electron chi connectivity index (χ4n) is 0.627. The Hall–Kier alpha value is -1.78. The Morgan fingerprint density at radius 2 is 2.54 bits per heavy atom. The Bertz CT molecular complexity index is 296. The van der Waals surface area contributed by atoms with Crippen LogP contribution in [0.3, 0.4) is 0 Å². The standard InChI is InChI=1S/C8H10N4O/c1-2-8(13)12-11-6-7-5-9-3-4-10-7/h3-6H,2H2,1H3,(H,12,13)/b11-6+. The van der Waals surface area contributed by atoms with Gasteiger partial charge in [0.05, 0.1) is 12.4 Å². The highest BCUT2D eigenvalue weighted by molar-refractivity contribution is 5.80. The molecule has 0 radical (unpaired) electrons. The lowest BCUT2D eigenvalue weighted by molar-refractivity contribution is -0.120. The molecule has 0 aromatic carbocycles. The molecule has 1 aromatic rings. The zero-order valence-corrected chi connectivity index (χ0v) is 7.27. The lowest BCUT2D eigenvalue weighted by Crippen LogP contribution is -2.15. The number of amides is 1. The smallest absolute Gasteiger partial charge is 0.239 e. The number of carbonyl (C=O) groups excluding carboxylic acids is 1. The van der Waals surface area contributed by atoms with Crippen LogP contribution in [0.15, 0.2) is 23.7 Å². The maximum atomic E-state index is 10.7. The number of carbonyl (C=O) groups is 1. The number of nitrogens with one attached hydrogen (secondary N) is 1. The van der Waals surface area contributed by atoms with Crippen LogP contribution < -0.4 is 5.43 Å². The highest BCUT2D eigenvalue weighted by atomic mass is 16.2. The average molecular weight is 178 g/mol. The van der Waals surface area contributed by atoms with Gasteiger partial charge in [-0.1, -0.05) is 6.92 Å². The molecule has 13 heavy (non-hydrogen) atoms. The van der Waals surface area contributed by atoms with Gasteiger partial charge in [-0.25, -0.2) is 5.43 Å². The van der Waals surface area contributed by atoms with E-state index in [9.17, 15) is 4.79 Å². The van der Waals surface area contributed by atoms with Gasteiger partial charge in [-0.2, -0.15) is 5.10 Å². The topological polar surface area (TPSA) is 67.2 Å². The summed E-state index contributed by atoms with van der Waals surface area (Å²) in [5.74, 6) is -0.125. The molecule has 5 nitrogen and oxygen atoms in total. The fourth-order valence-corrected chi connectivity index (χ4v) is 0.627. The Morgan fingerprint density at radius 3 is 3.15 bits per heavy atom. The fraction of sp³-hybridized carbons (Fsp3) is 0.250. The van der Waals surface area contributed by atoms with Gasteiger partial charge in [-0.05, 0) is 0 Å². The summed E-state index contributed by atoms with van der Waals surface area (Å²) in [7, 11) is 0. The summed E-state index contributed by atoms with van der Waals surface area (Å²) < 4.78 is 0. The van der Waals surface area contributed by atoms with Crippen molar-refractivity contribution in [3.8, 4) is 0 Å². The molecular formula is C8H10N4O. The van der Waals surface area contributed by atoms with Gasteiger partial charge in [0, 0.05) is 18.8 Å². The quantitative estimate of drug-likeness (QED) is 0.536. The highest BCUT2D eigenvalue weighted by Crippen LogP contribution is 1.83. The number of rotatable bonds is 3. The summed E-state index contributed by atoms with van der Waals surface area (Å²) in [6, 6.07) is 0. The van der Waals surface area contributed by atoms with E-state index in [-0.39, 0.29) is 5.91 Å². The summed E-state index contributed by atoms with van der Waals surface area (Å²) in [5, 5.41) is 3.69. The maximum absolute atomic E-state index is 10.7. The summed E-state index contributed by atoms with van der Waals surface area (Å²) in [6.07, 6.45) is 6.55. The van der Waals surface area contributed by atoms with E-state index in [2.05, 4.69) is 20.5 Å². The van der Waals surface area contributed by atoms with E-state index in [1.807, 2.05) is 0 Å². The van der Waals surface area contributed by atoms with E-state index >= 15 is 0 Å². The van der Waals surface area contributed by atoms with Crippen LogP contribution in [-0.2, 0) is 4.79 Å². The first-order valence-electron chi connectivity index (χ1n) is 3.91. The number of nitrogens with zero attached hydrogens (tertiary/aromatic N) is 3. The molecule has 0 spiro atoms. The number of hydrazone groups is 1. The minimum absolute atomic E-state index is 0.125. The van der Waals surface area contributed by atoms with Crippen molar-refractivity contribution in [3.63, 3.8) is 0 Å². The number of hydrogen-bond acceptors (Lipinski definition) is 4. The Morgan fingerprint density at radius 1 is 1.69 bits per heavy atom. The molecule has 1 aromatic heterocycles. The molecule has 0 aliphatic heterocycles. The monoisotopic (exact) mass is 178 g/mol. The molecular weight excluding hydrogens is 168 g/mol. The minimum Gasteiger partial charge on any atom is -0.273 e. The Balaban J connectivity index is 2.45. The lowest BCUT2D eigenvalue weighted by atomic mass is 10.5. The Kier molecular flexibility index (Phi) is 3.56. The van der Waals surface area contributed by atoms with Crippen LogP contribution in [0.1, 0.15) is 19.0 Å². The third kappa shape index (κ3) is 3.42. The third-order valence-corrected chi connectivity index (χ3v) is 1.29. The van der Waals surface area contributed by atoms with Crippen LogP contribution in [0, 0.1) is 0 Å². The van der Waals surface area contributed by atoms with Gasteiger partial charge in [0.25, 0.3) is 0 Å². The van der Waals surface area contributed by atoms with E-state index in [0.29, 0.717) is 12.1 Å². The molecule has 1 heterocycles. The first-order valence-corrected chi connectivity index (χ1v) is 3.91. The van der Waals surface area contributed by atoms with Crippen LogP contribution in [0.25, 0.3) is 0 Å². The largest absolute Gasteiger partial charge is 0.273 e. The molecule has 0 aliphatic rings. The molecule has 1 amide bonds. The van der Waals surface area contributed by atoms with E-state index in [4.69, 9.17) is 0 Å². The van der Waals surface area contributed by atoms with Crippen molar-refractivity contribution in [2.24, 2.45) is 5.10 Å². The predicted octanol–water partition coefficient (Wildman–Crippen LogP) is 0.337. The van der Waals surface area contributed by atoms with Crippen LogP contribution >= 0.6 is 0 Å². The predicted molar refractivity (Wildman–Crippen MR) is 48.1 cm³/mol. The van der Waals surface area contributed by atoms with Crippen LogP contribution in [0.2, 0.25) is 0 Å². The minimum atomic E-state index is -0.125. The second-order valence-corrected chi connectivity index (χ2v) is 2.28. The maximum Gasteiger partial charge on any atom is 0.239 e. The van der Waals surface area contributed by atoms with Gasteiger partial charge >= 0.3 is 0 Å². The van der Waals surface area contributed by atoms with Crippen molar-refractivity contribution in [1.82, 2.24) is 15.4 Å². The molecule has 1 N–H and O–H groups in total. The normalized spacial score (nSPS) is 10.2. The molecule has 0 saturated carbocycles. The number of hydrogen-bond donors (Lipinski definition) is 1. The molecule has 0 unspecified atom stereocenters. The van der Waals surface area contributed by atoms with Gasteiger partial charge in [0.1, 0.15) is 5.69 Å². The van der Waals surface area contributed by atoms with Gasteiger partial charge in [-0.3, -0.25) is 14.8 Å². The van der Waals surface area contributed by atoms with E-state index in [1.165, 1.54) is 6.21 Å². The average Bonchev–Trinajstić information content (AvgIpc) is 2.19. The van der Waals surface area contributed by atoms with Crippen LogP contribution in [0.5, 0.6) is 0 Å². The molecule has 0 saturated heterocycles. The van der Waals surface area contributed by atoms with E-state index in [0.717, 1.165) is 0 Å². The highest BCUT2D eigenvalue weighted by Gasteiger charge is 1.91. The van der Waals surface area contributed by atoms with Gasteiger partial charge in [-0.15, -0.1) is 0 Å². The first kappa shape index (κ1) is 9.31. The zero-order chi connectivity index (χ0) is 9.52. The van der Waals surface area contributed by atoms with Crippen molar-refractivity contribution >= 4 is 12.1 Å². The van der Waals surface area contributed by atoms with Crippen LogP contribution in [-0.4, -0.2) is 22.1 Å². The molecule has 1 rings (SSSR count). The SMILES string of the molecule is CCC(=O)N/N=C/c1cnccn1. The lowest BCUT2D eigenvalue weighted by Gasteiger charge is -1.93. The third-order valence-electron chi connectivity index (χ3n) is 1.29. The summed E-state index contributed by atoms with van der Waals surface area (Å²) >= 11 is 0. The van der Waals surface area contributed by atoms with Crippen molar-refractivity contribution < 1.29 is 4.79 Å². The van der Waals surface area contributed by atoms with Crippen molar-refractivity contribution in [2.75, 3.05) is 0 Å². The zero-order valence-electron chi connectivity index (χ0n) is 7.27. The molecule has 68 valence electrons. The molecule has 5 heteroatoms. The van der Waals surface area contributed by atoms with Crippen LogP contribution in [0.4, 0.5) is 0 Å². The molecule has 0 fully saturated rings. The van der Waals surface area contributed by atoms with Crippen molar-refractivity contribution in [2.45, 2.75) is 13.3 Å². The summed E-state index contributed by atoms with van der Waals surface area (Å²) in [4.78, 5) is 18.5. The van der Waals surface area contributed by atoms with Crippen molar-refractivity contribution in [1.29, 1.82) is 0 Å². The van der Waals surface area contributed by atoms with E-state index < -0.39 is 0 Å². The second-order valence-electron chi connectivity index (χ2n) is 2.28. The molecule has 0 bridgehead atoms. The second kappa shape index (κ2) is 4.97. The van der Waals surface area contributed by atoms with E-state index in [1.54, 1.807) is 25.5 Å². The summed E-state index contributed by atoms with van der Waals surface area (Å²) in [5.41, 5.74) is 2.95. The van der Waals surface area contributed by atoms with Crippen molar-refractivity contribution in [3.05, 3.63) is 24.3 Å². The van der Waals surface area contributed by atoms with Gasteiger partial charge in [0.15, 0.2) is 0 Å². The van der Waals surface area contributed by atoms with Gasteiger partial charge < -0.3 is 0 Å². The molecule has 0 atom stereocenters. The number of aromatic nitrogens is 2. The molecule has 0 aliphatic carbocycles. The summed E-state index contributed by atoms with van der Waals surface area (Å²) in [6.45, 7) is 1.76.